The van der Waals surface area contributed by atoms with E-state index < -0.39 is 23.6 Å². The lowest BCUT2D eigenvalue weighted by molar-refractivity contribution is -0.137. The van der Waals surface area contributed by atoms with Crippen LogP contribution >= 0.6 is 11.6 Å². The van der Waals surface area contributed by atoms with Crippen molar-refractivity contribution in [3.63, 3.8) is 0 Å². The smallest absolute Gasteiger partial charge is 0.416 e. The summed E-state index contributed by atoms with van der Waals surface area (Å²) in [7, 11) is 1.67. The van der Waals surface area contributed by atoms with E-state index in [2.05, 4.69) is 10.4 Å². The monoisotopic (exact) mass is 542 g/mol. The van der Waals surface area contributed by atoms with Gasteiger partial charge in [-0.2, -0.15) is 18.3 Å². The lowest BCUT2D eigenvalue weighted by Crippen LogP contribution is -2.41. The first-order chi connectivity index (χ1) is 17.4. The lowest BCUT2D eigenvalue weighted by Gasteiger charge is -2.31. The second-order valence-corrected chi connectivity index (χ2v) is 9.16. The number of hydrogen-bond donors (Lipinski definition) is 1. The van der Waals surface area contributed by atoms with E-state index in [-0.39, 0.29) is 38.1 Å². The number of nitrogens with zero attached hydrogens (tertiary/aromatic N) is 3. The van der Waals surface area contributed by atoms with Crippen LogP contribution in [0.3, 0.4) is 0 Å². The van der Waals surface area contributed by atoms with E-state index in [1.165, 1.54) is 23.0 Å². The van der Waals surface area contributed by atoms with Crippen molar-refractivity contribution in [3.8, 4) is 17.0 Å². The number of rotatable bonds is 7. The van der Waals surface area contributed by atoms with Crippen LogP contribution in [0, 0.1) is 0 Å². The summed E-state index contributed by atoms with van der Waals surface area (Å²) in [6, 6.07) is 8.87. The molecule has 0 unspecified atom stereocenters. The molecule has 1 aliphatic rings. The zero-order valence-corrected chi connectivity index (χ0v) is 20.5. The Balaban J connectivity index is 1.52. The van der Waals surface area contributed by atoms with Crippen molar-refractivity contribution in [3.05, 3.63) is 64.8 Å². The third-order valence-electron chi connectivity index (χ3n) is 6.09. The molecule has 37 heavy (non-hydrogen) atoms. The Bertz CT molecular complexity index is 1250. The second kappa shape index (κ2) is 10.7. The molecule has 198 valence electrons. The molecule has 0 aliphatic carbocycles. The van der Waals surface area contributed by atoms with Gasteiger partial charge in [-0.25, -0.2) is 8.78 Å². The van der Waals surface area contributed by atoms with Crippen LogP contribution in [0.2, 0.25) is 5.02 Å². The molecule has 0 radical (unpaired) electrons. The molecule has 12 heteroatoms. The predicted molar refractivity (Wildman–Crippen MR) is 129 cm³/mol. The first-order valence-electron chi connectivity index (χ1n) is 11.5. The zero-order valence-electron chi connectivity index (χ0n) is 19.8. The minimum atomic E-state index is -4.58. The summed E-state index contributed by atoms with van der Waals surface area (Å²) < 4.78 is 73.4. The highest BCUT2D eigenvalue weighted by molar-refractivity contribution is 6.33. The Hall–Kier alpha value is -3.18. The maximum atomic E-state index is 13.4. The van der Waals surface area contributed by atoms with Crippen molar-refractivity contribution >= 4 is 23.2 Å². The van der Waals surface area contributed by atoms with Crippen molar-refractivity contribution in [2.75, 3.05) is 31.6 Å². The maximum Gasteiger partial charge on any atom is 0.416 e. The molecule has 1 saturated heterocycles. The third-order valence-corrected chi connectivity index (χ3v) is 6.37. The number of piperidine rings is 1. The fourth-order valence-corrected chi connectivity index (χ4v) is 4.33. The maximum absolute atomic E-state index is 13.4. The summed E-state index contributed by atoms with van der Waals surface area (Å²) >= 11 is 6.34. The highest BCUT2D eigenvalue weighted by atomic mass is 35.5. The number of halogens is 6. The minimum Gasteiger partial charge on any atom is -0.492 e. The Kier molecular flexibility index (Phi) is 7.75. The van der Waals surface area contributed by atoms with Gasteiger partial charge >= 0.3 is 6.18 Å². The van der Waals surface area contributed by atoms with Gasteiger partial charge in [0, 0.05) is 56.3 Å². The van der Waals surface area contributed by atoms with Crippen LogP contribution in [0.15, 0.2) is 48.7 Å². The molecule has 0 saturated carbocycles. The van der Waals surface area contributed by atoms with Gasteiger partial charge in [-0.15, -0.1) is 0 Å². The van der Waals surface area contributed by atoms with Crippen molar-refractivity contribution in [1.29, 1.82) is 0 Å². The molecule has 1 aromatic heterocycles. The molecule has 1 aliphatic heterocycles. The molecule has 0 spiro atoms. The summed E-state index contributed by atoms with van der Waals surface area (Å²) in [6.07, 6.45) is -3.51. The largest absolute Gasteiger partial charge is 0.492 e. The van der Waals surface area contributed by atoms with Gasteiger partial charge in [-0.1, -0.05) is 17.7 Å². The van der Waals surface area contributed by atoms with Gasteiger partial charge in [0.05, 0.1) is 22.5 Å². The van der Waals surface area contributed by atoms with Gasteiger partial charge in [0.25, 0.3) is 11.8 Å². The highest BCUT2D eigenvalue weighted by Crippen LogP contribution is 2.37. The third kappa shape index (κ3) is 6.58. The number of carbonyl (C=O) groups excluding carboxylic acids is 1. The van der Waals surface area contributed by atoms with E-state index in [1.807, 2.05) is 4.90 Å². The average molecular weight is 543 g/mol. The van der Waals surface area contributed by atoms with Crippen LogP contribution in [-0.2, 0) is 13.2 Å². The van der Waals surface area contributed by atoms with Crippen LogP contribution in [0.4, 0.5) is 27.6 Å². The summed E-state index contributed by atoms with van der Waals surface area (Å²) in [4.78, 5) is 14.6. The van der Waals surface area contributed by atoms with E-state index in [1.54, 1.807) is 25.2 Å². The Morgan fingerprint density at radius 3 is 2.54 bits per heavy atom. The van der Waals surface area contributed by atoms with Crippen molar-refractivity contribution in [1.82, 2.24) is 14.7 Å². The van der Waals surface area contributed by atoms with E-state index in [9.17, 15) is 26.7 Å². The van der Waals surface area contributed by atoms with Crippen molar-refractivity contribution in [2.45, 2.75) is 24.9 Å². The number of carbonyl (C=O) groups is 1. The zero-order chi connectivity index (χ0) is 26.8. The molecule has 0 atom stereocenters. The van der Waals surface area contributed by atoms with E-state index >= 15 is 0 Å². The quantitative estimate of drug-likeness (QED) is 0.365. The second-order valence-electron chi connectivity index (χ2n) is 8.75. The fourth-order valence-electron chi connectivity index (χ4n) is 4.06. The molecule has 1 fully saturated rings. The molecule has 0 bridgehead atoms. The number of anilines is 1. The van der Waals surface area contributed by atoms with E-state index in [0.29, 0.717) is 34.3 Å². The SMILES string of the molecule is Cn1ncc(Cl)c1-c1cc(NC(=O)c2cccc(C(F)(F)F)c2)ccc1OCCN1CCC(F)(F)CC1. The average Bonchev–Trinajstić information content (AvgIpc) is 3.18. The number of aryl methyl sites for hydroxylation is 1. The summed E-state index contributed by atoms with van der Waals surface area (Å²) in [5.41, 5.74) is 0.229. The molecule has 4 rings (SSSR count). The number of ether oxygens (including phenoxy) is 1. The van der Waals surface area contributed by atoms with E-state index in [4.69, 9.17) is 16.3 Å². The number of nitrogens with one attached hydrogen (secondary N) is 1. The summed E-state index contributed by atoms with van der Waals surface area (Å²) in [5, 5.41) is 7.06. The standard InChI is InChI=1S/C25H24ClF5N4O2/c1-34-22(20(26)15-32-34)19-14-18(33-23(36)16-3-2-4-17(13-16)25(29,30)31)5-6-21(19)37-12-11-35-9-7-24(27,28)8-10-35/h2-6,13-15H,7-12H2,1H3,(H,33,36). The molecule has 2 heterocycles. The number of hydrogen-bond acceptors (Lipinski definition) is 4. The van der Waals surface area contributed by atoms with Crippen LogP contribution in [0.5, 0.6) is 5.75 Å². The van der Waals surface area contributed by atoms with Gasteiger partial charge in [0.15, 0.2) is 0 Å². The molecule has 1 N–H and O–H groups in total. The Morgan fingerprint density at radius 1 is 1.16 bits per heavy atom. The molecule has 3 aromatic rings. The predicted octanol–water partition coefficient (Wildman–Crippen LogP) is 6.12. The molecular formula is C25H24ClF5N4O2. The van der Waals surface area contributed by atoms with Gasteiger partial charge in [0.2, 0.25) is 0 Å². The molecular weight excluding hydrogens is 519 g/mol. The number of aromatic nitrogens is 2. The van der Waals surface area contributed by atoms with Crippen LogP contribution < -0.4 is 10.1 Å². The molecule has 6 nitrogen and oxygen atoms in total. The van der Waals surface area contributed by atoms with Crippen LogP contribution in [0.1, 0.15) is 28.8 Å². The van der Waals surface area contributed by atoms with Gasteiger partial charge < -0.3 is 10.1 Å². The minimum absolute atomic E-state index is 0.151. The van der Waals surface area contributed by atoms with Gasteiger partial charge in [-0.05, 0) is 36.4 Å². The highest BCUT2D eigenvalue weighted by Gasteiger charge is 2.34. The van der Waals surface area contributed by atoms with Crippen LogP contribution in [-0.4, -0.2) is 52.8 Å². The first kappa shape index (κ1) is 26.9. The van der Waals surface area contributed by atoms with Crippen molar-refractivity contribution in [2.24, 2.45) is 7.05 Å². The first-order valence-corrected chi connectivity index (χ1v) is 11.8. The van der Waals surface area contributed by atoms with Crippen molar-refractivity contribution < 1.29 is 31.5 Å². The van der Waals surface area contributed by atoms with E-state index in [0.717, 1.165) is 12.1 Å². The molecule has 2 aromatic carbocycles. The molecule has 1 amide bonds. The van der Waals surface area contributed by atoms with Gasteiger partial charge in [0.1, 0.15) is 12.4 Å². The number of amides is 1. The normalized spacial score (nSPS) is 16.0. The topological polar surface area (TPSA) is 59.4 Å². The fraction of sp³-hybridized carbons (Fsp3) is 0.360. The van der Waals surface area contributed by atoms with Crippen LogP contribution in [0.25, 0.3) is 11.3 Å². The Morgan fingerprint density at radius 2 is 1.89 bits per heavy atom. The summed E-state index contributed by atoms with van der Waals surface area (Å²) in [5.74, 6) is -2.93. The number of benzene rings is 2. The number of alkyl halides is 5. The number of likely N-dealkylation sites (tertiary alicyclic amines) is 1. The Labute approximate surface area is 215 Å². The van der Waals surface area contributed by atoms with Gasteiger partial charge in [-0.3, -0.25) is 14.4 Å². The summed E-state index contributed by atoms with van der Waals surface area (Å²) in [6.45, 7) is 1.22. The lowest BCUT2D eigenvalue weighted by atomic mass is 10.1.